The van der Waals surface area contributed by atoms with Gasteiger partial charge >= 0.3 is 0 Å². The highest BCUT2D eigenvalue weighted by Gasteiger charge is 2.22. The molecule has 1 atom stereocenters. The third-order valence-corrected chi connectivity index (χ3v) is 2.66. The van der Waals surface area contributed by atoms with E-state index in [2.05, 4.69) is 13.8 Å². The Morgan fingerprint density at radius 2 is 2.33 bits per heavy atom. The van der Waals surface area contributed by atoms with Crippen LogP contribution in [0.1, 0.15) is 33.1 Å². The van der Waals surface area contributed by atoms with E-state index in [1.54, 1.807) is 6.26 Å². The average molecular weight is 211 g/mol. The first-order valence-electron chi connectivity index (χ1n) is 5.70. The Kier molecular flexibility index (Phi) is 4.82. The normalized spacial score (nSPS) is 18.3. The lowest BCUT2D eigenvalue weighted by Gasteiger charge is -2.19. The zero-order valence-corrected chi connectivity index (χ0v) is 9.66. The van der Waals surface area contributed by atoms with Crippen LogP contribution >= 0.6 is 0 Å². The molecule has 1 unspecified atom stereocenters. The summed E-state index contributed by atoms with van der Waals surface area (Å²) in [5.74, 6) is 0.663. The van der Waals surface area contributed by atoms with Crippen LogP contribution in [0.3, 0.4) is 0 Å². The Bertz CT molecular complexity index is 246. The summed E-state index contributed by atoms with van der Waals surface area (Å²) in [5.41, 5.74) is 6.46. The van der Waals surface area contributed by atoms with E-state index in [0.29, 0.717) is 12.5 Å². The molecule has 0 aromatic heterocycles. The molecular weight excluding hydrogens is 190 g/mol. The molecule has 2 N–H and O–H groups in total. The van der Waals surface area contributed by atoms with E-state index in [1.165, 1.54) is 0 Å². The molecule has 0 aliphatic carbocycles. The molecule has 3 nitrogen and oxygen atoms in total. The number of hydrogen-bond donors (Lipinski definition) is 1. The Morgan fingerprint density at radius 3 is 2.80 bits per heavy atom. The van der Waals surface area contributed by atoms with Gasteiger partial charge in [0, 0.05) is 18.0 Å². The van der Waals surface area contributed by atoms with Gasteiger partial charge in [-0.25, -0.2) is 0 Å². The fourth-order valence-corrected chi connectivity index (χ4v) is 1.89. The number of ether oxygens (including phenoxy) is 1. The zero-order valence-electron chi connectivity index (χ0n) is 9.66. The van der Waals surface area contributed by atoms with Crippen molar-refractivity contribution in [1.29, 1.82) is 0 Å². The maximum atomic E-state index is 12.0. The molecule has 0 saturated heterocycles. The van der Waals surface area contributed by atoms with Crippen LogP contribution < -0.4 is 5.73 Å². The largest absolute Gasteiger partial charge is 0.501 e. The van der Waals surface area contributed by atoms with Crippen LogP contribution in [0.2, 0.25) is 0 Å². The summed E-state index contributed by atoms with van der Waals surface area (Å²) >= 11 is 0. The summed E-state index contributed by atoms with van der Waals surface area (Å²) in [6, 6.07) is 0. The Labute approximate surface area is 91.7 Å². The molecule has 0 amide bonds. The molecule has 0 aromatic rings. The van der Waals surface area contributed by atoms with Gasteiger partial charge in [-0.3, -0.25) is 4.79 Å². The Hall–Kier alpha value is -0.830. The molecule has 1 aliphatic heterocycles. The van der Waals surface area contributed by atoms with Crippen LogP contribution in [0.5, 0.6) is 0 Å². The molecule has 0 bridgehead atoms. The first-order chi connectivity index (χ1) is 7.15. The first kappa shape index (κ1) is 12.2. The number of carbonyl (C=O) groups excluding carboxylic acids is 1. The Balaban J connectivity index is 2.59. The van der Waals surface area contributed by atoms with Crippen molar-refractivity contribution in [2.24, 2.45) is 17.6 Å². The molecule has 1 aliphatic rings. The van der Waals surface area contributed by atoms with E-state index in [-0.39, 0.29) is 11.7 Å². The van der Waals surface area contributed by atoms with Crippen molar-refractivity contribution in [3.05, 3.63) is 11.8 Å². The van der Waals surface area contributed by atoms with Crippen LogP contribution in [0.4, 0.5) is 0 Å². The zero-order chi connectivity index (χ0) is 11.3. The van der Waals surface area contributed by atoms with Crippen LogP contribution in [0.15, 0.2) is 11.8 Å². The molecule has 0 aromatic carbocycles. The van der Waals surface area contributed by atoms with E-state index in [0.717, 1.165) is 31.4 Å². The minimum Gasteiger partial charge on any atom is -0.501 e. The second-order valence-electron chi connectivity index (χ2n) is 4.54. The molecule has 0 saturated carbocycles. The lowest BCUT2D eigenvalue weighted by Crippen LogP contribution is -2.27. The van der Waals surface area contributed by atoms with Crippen LogP contribution in [-0.4, -0.2) is 18.9 Å². The minimum atomic E-state index is -0.0297. The quantitative estimate of drug-likeness (QED) is 0.755. The van der Waals surface area contributed by atoms with Gasteiger partial charge in [-0.1, -0.05) is 13.8 Å². The number of carbonyl (C=O) groups is 1. The summed E-state index contributed by atoms with van der Waals surface area (Å²) in [6.45, 7) is 5.39. The van der Waals surface area contributed by atoms with Crippen molar-refractivity contribution >= 4 is 5.78 Å². The summed E-state index contributed by atoms with van der Waals surface area (Å²) in [4.78, 5) is 12.0. The molecule has 3 heteroatoms. The number of allylic oxidation sites excluding steroid dienone is 1. The maximum absolute atomic E-state index is 12.0. The summed E-state index contributed by atoms with van der Waals surface area (Å²) < 4.78 is 5.18. The topological polar surface area (TPSA) is 52.3 Å². The van der Waals surface area contributed by atoms with Gasteiger partial charge in [0.2, 0.25) is 0 Å². The molecule has 86 valence electrons. The number of nitrogens with two attached hydrogens (primary N) is 1. The van der Waals surface area contributed by atoms with Crippen LogP contribution in [-0.2, 0) is 9.53 Å². The van der Waals surface area contributed by atoms with E-state index in [9.17, 15) is 4.79 Å². The van der Waals surface area contributed by atoms with Crippen LogP contribution in [0.25, 0.3) is 0 Å². The summed E-state index contributed by atoms with van der Waals surface area (Å²) in [7, 11) is 0. The van der Waals surface area contributed by atoms with E-state index >= 15 is 0 Å². The third-order valence-electron chi connectivity index (χ3n) is 2.66. The minimum absolute atomic E-state index is 0.0297. The van der Waals surface area contributed by atoms with Gasteiger partial charge in [0.25, 0.3) is 0 Å². The van der Waals surface area contributed by atoms with Gasteiger partial charge in [-0.05, 0) is 25.2 Å². The standard InChI is InChI=1S/C12H21NO2/c1-9(2)6-11(7-13)12(14)10-4-3-5-15-8-10/h8-9,11H,3-7,13H2,1-2H3. The highest BCUT2D eigenvalue weighted by molar-refractivity contribution is 5.97. The smallest absolute Gasteiger partial charge is 0.166 e. The monoisotopic (exact) mass is 211 g/mol. The molecule has 15 heavy (non-hydrogen) atoms. The number of Topliss-reactive ketones (excluding diaryl/α,β-unsaturated/α-hetero) is 1. The van der Waals surface area contributed by atoms with E-state index in [4.69, 9.17) is 10.5 Å². The molecule has 1 heterocycles. The molecule has 1 rings (SSSR count). The molecule has 0 radical (unpaired) electrons. The highest BCUT2D eigenvalue weighted by Crippen LogP contribution is 2.20. The molecule has 0 spiro atoms. The van der Waals surface area contributed by atoms with Gasteiger partial charge < -0.3 is 10.5 Å². The second kappa shape index (κ2) is 5.91. The van der Waals surface area contributed by atoms with Crippen molar-refractivity contribution in [3.8, 4) is 0 Å². The number of hydrogen-bond acceptors (Lipinski definition) is 3. The average Bonchev–Trinajstić information content (AvgIpc) is 2.26. The first-order valence-corrected chi connectivity index (χ1v) is 5.70. The predicted octanol–water partition coefficient (Wildman–Crippen LogP) is 1.87. The molecular formula is C12H21NO2. The van der Waals surface area contributed by atoms with Crippen molar-refractivity contribution in [1.82, 2.24) is 0 Å². The van der Waals surface area contributed by atoms with Crippen LogP contribution in [0, 0.1) is 11.8 Å². The highest BCUT2D eigenvalue weighted by atomic mass is 16.5. The summed E-state index contributed by atoms with van der Waals surface area (Å²) in [5, 5.41) is 0. The number of ketones is 1. The summed E-state index contributed by atoms with van der Waals surface area (Å²) in [6.07, 6.45) is 4.27. The fourth-order valence-electron chi connectivity index (χ4n) is 1.89. The van der Waals surface area contributed by atoms with Gasteiger partial charge in [0.05, 0.1) is 12.9 Å². The third kappa shape index (κ3) is 3.67. The van der Waals surface area contributed by atoms with Gasteiger partial charge in [0.1, 0.15) is 0 Å². The van der Waals surface area contributed by atoms with Gasteiger partial charge in [0.15, 0.2) is 5.78 Å². The molecule has 0 fully saturated rings. The van der Waals surface area contributed by atoms with Crippen molar-refractivity contribution in [2.75, 3.05) is 13.2 Å². The van der Waals surface area contributed by atoms with E-state index in [1.807, 2.05) is 0 Å². The van der Waals surface area contributed by atoms with Gasteiger partial charge in [-0.2, -0.15) is 0 Å². The van der Waals surface area contributed by atoms with E-state index < -0.39 is 0 Å². The SMILES string of the molecule is CC(C)CC(CN)C(=O)C1=COCCC1. The Morgan fingerprint density at radius 1 is 1.60 bits per heavy atom. The fraction of sp³-hybridized carbons (Fsp3) is 0.750. The maximum Gasteiger partial charge on any atom is 0.166 e. The predicted molar refractivity (Wildman–Crippen MR) is 60.3 cm³/mol. The lowest BCUT2D eigenvalue weighted by molar-refractivity contribution is -0.119. The number of rotatable bonds is 5. The van der Waals surface area contributed by atoms with Crippen molar-refractivity contribution < 1.29 is 9.53 Å². The van der Waals surface area contributed by atoms with Gasteiger partial charge in [-0.15, -0.1) is 0 Å². The lowest BCUT2D eigenvalue weighted by atomic mass is 9.88. The second-order valence-corrected chi connectivity index (χ2v) is 4.54. The van der Waals surface area contributed by atoms with Crippen molar-refractivity contribution in [3.63, 3.8) is 0 Å². The van der Waals surface area contributed by atoms with Crippen molar-refractivity contribution in [2.45, 2.75) is 33.1 Å².